The second kappa shape index (κ2) is 4.58. The predicted octanol–water partition coefficient (Wildman–Crippen LogP) is 3.77. The van der Waals surface area contributed by atoms with Crippen LogP contribution < -0.4 is 0 Å². The number of carboxylic acid groups (broad SMARTS) is 1. The molecule has 2 nitrogen and oxygen atoms in total. The Morgan fingerprint density at radius 1 is 1.62 bits per heavy atom. The molecule has 1 aliphatic carbocycles. The molecule has 0 aromatic carbocycles. The lowest BCUT2D eigenvalue weighted by Crippen LogP contribution is -2.11. The van der Waals surface area contributed by atoms with Gasteiger partial charge in [0.15, 0.2) is 0 Å². The van der Waals surface area contributed by atoms with Gasteiger partial charge in [0.1, 0.15) is 0 Å². The zero-order valence-electron chi connectivity index (χ0n) is 9.82. The third-order valence-corrected chi connectivity index (χ3v) is 4.86. The van der Waals surface area contributed by atoms with Crippen LogP contribution in [0.25, 0.3) is 0 Å². The molecule has 0 bridgehead atoms. The molecule has 1 heterocycles. The largest absolute Gasteiger partial charge is 0.481 e. The molecule has 0 spiro atoms. The van der Waals surface area contributed by atoms with Crippen LogP contribution in [0, 0.1) is 0 Å². The molecule has 1 aromatic heterocycles. The number of rotatable bonds is 3. The molecule has 0 amide bonds. The number of fused-ring (bicyclic) bond motifs is 1. The van der Waals surface area contributed by atoms with Crippen molar-refractivity contribution in [1.82, 2.24) is 0 Å². The van der Waals surface area contributed by atoms with Crippen molar-refractivity contribution in [2.45, 2.75) is 51.4 Å². The monoisotopic (exact) mass is 238 g/mol. The molecule has 1 atom stereocenters. The second-order valence-corrected chi connectivity index (χ2v) is 6.00. The summed E-state index contributed by atoms with van der Waals surface area (Å²) >= 11 is 1.83. The summed E-state index contributed by atoms with van der Waals surface area (Å²) in [5.74, 6) is 0.150. The predicted molar refractivity (Wildman–Crippen MR) is 66.3 cm³/mol. The number of aliphatic carboxylic acids is 1. The molecule has 0 saturated heterocycles. The number of hydrogen-bond acceptors (Lipinski definition) is 2. The van der Waals surface area contributed by atoms with Gasteiger partial charge in [-0.25, -0.2) is 0 Å². The lowest BCUT2D eigenvalue weighted by atomic mass is 9.87. The summed E-state index contributed by atoms with van der Waals surface area (Å²) in [7, 11) is 0. The molecule has 2 rings (SSSR count). The zero-order chi connectivity index (χ0) is 11.7. The van der Waals surface area contributed by atoms with Gasteiger partial charge >= 0.3 is 5.97 Å². The topological polar surface area (TPSA) is 37.3 Å². The highest BCUT2D eigenvalue weighted by Gasteiger charge is 2.25. The lowest BCUT2D eigenvalue weighted by molar-refractivity contribution is -0.137. The third-order valence-electron chi connectivity index (χ3n) is 3.22. The van der Waals surface area contributed by atoms with Crippen LogP contribution in [0.1, 0.15) is 60.3 Å². The number of hydrogen-bond donors (Lipinski definition) is 1. The molecule has 1 unspecified atom stereocenters. The number of carboxylic acids is 1. The van der Waals surface area contributed by atoms with Crippen LogP contribution in [0.15, 0.2) is 6.07 Å². The fourth-order valence-electron chi connectivity index (χ4n) is 2.37. The summed E-state index contributed by atoms with van der Waals surface area (Å²) < 4.78 is 0. The summed E-state index contributed by atoms with van der Waals surface area (Å²) in [6.07, 6.45) is 3.61. The van der Waals surface area contributed by atoms with Gasteiger partial charge in [-0.3, -0.25) is 4.79 Å². The first-order valence-electron chi connectivity index (χ1n) is 5.92. The molecule has 0 radical (unpaired) electrons. The molecule has 0 aliphatic heterocycles. The van der Waals surface area contributed by atoms with Crippen molar-refractivity contribution in [2.24, 2.45) is 0 Å². The normalized spacial score (nSPS) is 19.8. The van der Waals surface area contributed by atoms with Crippen molar-refractivity contribution in [1.29, 1.82) is 0 Å². The van der Waals surface area contributed by atoms with E-state index >= 15 is 0 Å². The molecule has 0 fully saturated rings. The average Bonchev–Trinajstić information content (AvgIpc) is 2.61. The van der Waals surface area contributed by atoms with Crippen LogP contribution in [0.2, 0.25) is 0 Å². The van der Waals surface area contributed by atoms with E-state index in [1.165, 1.54) is 15.3 Å². The first kappa shape index (κ1) is 11.6. The fourth-order valence-corrected chi connectivity index (χ4v) is 3.72. The van der Waals surface area contributed by atoms with E-state index in [1.807, 2.05) is 11.3 Å². The van der Waals surface area contributed by atoms with E-state index in [0.717, 1.165) is 19.3 Å². The Hall–Kier alpha value is -0.830. The van der Waals surface area contributed by atoms with Crippen molar-refractivity contribution in [3.05, 3.63) is 21.4 Å². The average molecular weight is 238 g/mol. The van der Waals surface area contributed by atoms with Crippen LogP contribution in [0.5, 0.6) is 0 Å². The number of aryl methyl sites for hydroxylation is 1. The van der Waals surface area contributed by atoms with Gasteiger partial charge < -0.3 is 5.11 Å². The number of thiophene rings is 1. The van der Waals surface area contributed by atoms with E-state index in [2.05, 4.69) is 19.9 Å². The van der Waals surface area contributed by atoms with Crippen LogP contribution in [0.4, 0.5) is 0 Å². The van der Waals surface area contributed by atoms with Gasteiger partial charge in [-0.05, 0) is 36.8 Å². The van der Waals surface area contributed by atoms with E-state index in [-0.39, 0.29) is 5.92 Å². The van der Waals surface area contributed by atoms with Gasteiger partial charge in [0.25, 0.3) is 0 Å². The second-order valence-electron chi connectivity index (χ2n) is 4.88. The van der Waals surface area contributed by atoms with Gasteiger partial charge in [-0.15, -0.1) is 11.3 Å². The molecule has 88 valence electrons. The van der Waals surface area contributed by atoms with Crippen molar-refractivity contribution < 1.29 is 9.90 Å². The van der Waals surface area contributed by atoms with Crippen LogP contribution >= 0.6 is 11.3 Å². The Morgan fingerprint density at radius 2 is 2.38 bits per heavy atom. The van der Waals surface area contributed by atoms with Crippen molar-refractivity contribution >= 4 is 17.3 Å². The Bertz CT molecular complexity index is 393. The molecule has 1 aromatic rings. The van der Waals surface area contributed by atoms with E-state index in [9.17, 15) is 4.79 Å². The van der Waals surface area contributed by atoms with Gasteiger partial charge in [0, 0.05) is 15.7 Å². The summed E-state index contributed by atoms with van der Waals surface area (Å²) in [5, 5.41) is 8.91. The SMILES string of the molecule is CC(C)c1cc2c(s1)C(CC(=O)O)CCC2. The minimum atomic E-state index is -0.669. The Kier molecular flexibility index (Phi) is 3.33. The number of carbonyl (C=O) groups is 1. The zero-order valence-corrected chi connectivity index (χ0v) is 10.6. The quantitative estimate of drug-likeness (QED) is 0.870. The maximum absolute atomic E-state index is 10.8. The maximum atomic E-state index is 10.8. The van der Waals surface area contributed by atoms with Crippen LogP contribution in [0.3, 0.4) is 0 Å². The minimum absolute atomic E-state index is 0.263. The van der Waals surface area contributed by atoms with E-state index in [1.54, 1.807) is 0 Å². The van der Waals surface area contributed by atoms with E-state index in [4.69, 9.17) is 5.11 Å². The highest BCUT2D eigenvalue weighted by Crippen LogP contribution is 2.41. The lowest BCUT2D eigenvalue weighted by Gasteiger charge is -2.20. The molecule has 16 heavy (non-hydrogen) atoms. The first-order chi connectivity index (χ1) is 7.58. The Labute approximate surface area is 100 Å². The van der Waals surface area contributed by atoms with Gasteiger partial charge in [0.05, 0.1) is 6.42 Å². The van der Waals surface area contributed by atoms with Crippen molar-refractivity contribution in [3.63, 3.8) is 0 Å². The summed E-state index contributed by atoms with van der Waals surface area (Å²) in [6.45, 7) is 4.40. The minimum Gasteiger partial charge on any atom is -0.481 e. The van der Waals surface area contributed by atoms with Gasteiger partial charge in [0.2, 0.25) is 0 Å². The van der Waals surface area contributed by atoms with Crippen LogP contribution in [-0.4, -0.2) is 11.1 Å². The smallest absolute Gasteiger partial charge is 0.303 e. The molecule has 1 aliphatic rings. The van der Waals surface area contributed by atoms with E-state index < -0.39 is 5.97 Å². The molecule has 1 N–H and O–H groups in total. The Balaban J connectivity index is 2.27. The molecule has 0 saturated carbocycles. The molecule has 3 heteroatoms. The van der Waals surface area contributed by atoms with E-state index in [0.29, 0.717) is 12.3 Å². The summed E-state index contributed by atoms with van der Waals surface area (Å²) in [6, 6.07) is 2.29. The Morgan fingerprint density at radius 3 is 3.00 bits per heavy atom. The standard InChI is InChI=1S/C13H18O2S/c1-8(2)11-6-9-4-3-5-10(7-12(14)15)13(9)16-11/h6,8,10H,3-5,7H2,1-2H3,(H,14,15). The van der Waals surface area contributed by atoms with Gasteiger partial charge in [-0.2, -0.15) is 0 Å². The first-order valence-corrected chi connectivity index (χ1v) is 6.74. The molecular weight excluding hydrogens is 220 g/mol. The van der Waals surface area contributed by atoms with Crippen LogP contribution in [-0.2, 0) is 11.2 Å². The van der Waals surface area contributed by atoms with Crippen molar-refractivity contribution in [2.75, 3.05) is 0 Å². The van der Waals surface area contributed by atoms with Gasteiger partial charge in [-0.1, -0.05) is 13.8 Å². The molecular formula is C13H18O2S. The summed E-state index contributed by atoms with van der Waals surface area (Å²) in [4.78, 5) is 13.6. The maximum Gasteiger partial charge on any atom is 0.303 e. The van der Waals surface area contributed by atoms with Crippen molar-refractivity contribution in [3.8, 4) is 0 Å². The highest BCUT2D eigenvalue weighted by molar-refractivity contribution is 7.12. The third kappa shape index (κ3) is 2.29. The fraction of sp³-hybridized carbons (Fsp3) is 0.615. The highest BCUT2D eigenvalue weighted by atomic mass is 32.1. The summed E-state index contributed by atoms with van der Waals surface area (Å²) in [5.41, 5.74) is 1.41.